The van der Waals surface area contributed by atoms with Crippen LogP contribution in [0.15, 0.2) is 93.6 Å². The third kappa shape index (κ3) is 7.38. The van der Waals surface area contributed by atoms with Crippen LogP contribution in [0.2, 0.25) is 0 Å². The highest BCUT2D eigenvalue weighted by molar-refractivity contribution is 9.10. The highest BCUT2D eigenvalue weighted by Gasteiger charge is 2.20. The number of thioether (sulfide) groups is 1. The van der Waals surface area contributed by atoms with Gasteiger partial charge in [0.25, 0.3) is 0 Å². The molecular formula is C26H23BrN4OS3. The lowest BCUT2D eigenvalue weighted by atomic mass is 10.2. The standard InChI is InChI=1S/C26H23BrN4OS3/c1-2-23(24(32)31-26-30-22(16-34-26)17-11-13-18(27)14-12-17)35-21-10-6-9-20(15-21)29-25(33)28-19-7-4-3-5-8-19/h3-16,23H,2H2,1H3,(H2,28,29,33)(H,30,31,32). The van der Waals surface area contributed by atoms with Gasteiger partial charge in [0.05, 0.1) is 10.9 Å². The number of carbonyl (C=O) groups is 1. The fourth-order valence-electron chi connectivity index (χ4n) is 3.22. The van der Waals surface area contributed by atoms with Gasteiger partial charge < -0.3 is 16.0 Å². The van der Waals surface area contributed by atoms with Crippen LogP contribution in [0.3, 0.4) is 0 Å². The largest absolute Gasteiger partial charge is 0.332 e. The van der Waals surface area contributed by atoms with Crippen molar-refractivity contribution < 1.29 is 4.79 Å². The van der Waals surface area contributed by atoms with Gasteiger partial charge in [-0.2, -0.15) is 0 Å². The van der Waals surface area contributed by atoms with Gasteiger partial charge in [-0.3, -0.25) is 4.79 Å². The molecule has 3 aromatic carbocycles. The first-order chi connectivity index (χ1) is 17.0. The smallest absolute Gasteiger partial charge is 0.239 e. The minimum absolute atomic E-state index is 0.0613. The number of halogens is 1. The highest BCUT2D eigenvalue weighted by atomic mass is 79.9. The zero-order chi connectivity index (χ0) is 24.6. The number of thiocarbonyl (C=S) groups is 1. The monoisotopic (exact) mass is 582 g/mol. The minimum Gasteiger partial charge on any atom is -0.332 e. The third-order valence-electron chi connectivity index (χ3n) is 4.94. The van der Waals surface area contributed by atoms with Gasteiger partial charge in [-0.1, -0.05) is 59.3 Å². The molecule has 0 fully saturated rings. The number of nitrogens with one attached hydrogen (secondary N) is 3. The number of thiazole rings is 1. The van der Waals surface area contributed by atoms with Crippen LogP contribution < -0.4 is 16.0 Å². The summed E-state index contributed by atoms with van der Waals surface area (Å²) in [4.78, 5) is 18.6. The molecule has 1 aromatic heterocycles. The highest BCUT2D eigenvalue weighted by Crippen LogP contribution is 2.30. The van der Waals surface area contributed by atoms with Crippen LogP contribution in [0.4, 0.5) is 16.5 Å². The molecule has 0 aliphatic carbocycles. The lowest BCUT2D eigenvalue weighted by molar-refractivity contribution is -0.115. The van der Waals surface area contributed by atoms with Crippen LogP contribution in [0.1, 0.15) is 13.3 Å². The van der Waals surface area contributed by atoms with E-state index in [1.165, 1.54) is 23.1 Å². The van der Waals surface area contributed by atoms with Crippen molar-refractivity contribution in [3.05, 3.63) is 88.7 Å². The molecule has 9 heteroatoms. The van der Waals surface area contributed by atoms with Crippen molar-refractivity contribution in [2.45, 2.75) is 23.5 Å². The second-order valence-corrected chi connectivity index (χ2v) is 11.0. The average molecular weight is 584 g/mol. The number of rotatable bonds is 8. The van der Waals surface area contributed by atoms with Gasteiger partial charge >= 0.3 is 0 Å². The Bertz CT molecular complexity index is 1300. The maximum absolute atomic E-state index is 13.0. The minimum atomic E-state index is -0.250. The molecule has 0 radical (unpaired) electrons. The first kappa shape index (κ1) is 25.4. The Morgan fingerprint density at radius 1 is 1.00 bits per heavy atom. The van der Waals surface area contributed by atoms with Gasteiger partial charge in [-0.15, -0.1) is 23.1 Å². The molecule has 0 aliphatic rings. The van der Waals surface area contributed by atoms with Crippen molar-refractivity contribution in [2.75, 3.05) is 16.0 Å². The summed E-state index contributed by atoms with van der Waals surface area (Å²) in [5.41, 5.74) is 3.63. The summed E-state index contributed by atoms with van der Waals surface area (Å²) in [6.45, 7) is 2.01. The van der Waals surface area contributed by atoms with Gasteiger partial charge in [-0.05, 0) is 61.1 Å². The molecule has 0 spiro atoms. The molecule has 5 nitrogen and oxygen atoms in total. The van der Waals surface area contributed by atoms with Gasteiger partial charge in [-0.25, -0.2) is 4.98 Å². The lowest BCUT2D eigenvalue weighted by Crippen LogP contribution is -2.24. The summed E-state index contributed by atoms with van der Waals surface area (Å²) in [5, 5.41) is 12.2. The van der Waals surface area contributed by atoms with Crippen LogP contribution in [-0.4, -0.2) is 21.3 Å². The van der Waals surface area contributed by atoms with E-state index >= 15 is 0 Å². The molecule has 1 atom stereocenters. The summed E-state index contributed by atoms with van der Waals surface area (Å²) in [6.07, 6.45) is 0.688. The van der Waals surface area contributed by atoms with Crippen molar-refractivity contribution in [2.24, 2.45) is 0 Å². The number of carbonyl (C=O) groups excluding carboxylic acids is 1. The van der Waals surface area contributed by atoms with E-state index in [0.29, 0.717) is 16.7 Å². The molecule has 1 heterocycles. The molecule has 178 valence electrons. The summed E-state index contributed by atoms with van der Waals surface area (Å²) in [7, 11) is 0. The summed E-state index contributed by atoms with van der Waals surface area (Å²) in [6, 6.07) is 25.6. The van der Waals surface area contributed by atoms with Crippen LogP contribution in [0, 0.1) is 0 Å². The second kappa shape index (κ2) is 12.3. The van der Waals surface area contributed by atoms with Gasteiger partial charge in [0.1, 0.15) is 0 Å². The fourth-order valence-corrected chi connectivity index (χ4v) is 5.45. The molecule has 0 saturated heterocycles. The Kier molecular flexibility index (Phi) is 8.92. The van der Waals surface area contributed by atoms with Gasteiger partial charge in [0.15, 0.2) is 10.2 Å². The van der Waals surface area contributed by atoms with E-state index in [1.54, 1.807) is 0 Å². The molecule has 0 bridgehead atoms. The molecule has 4 rings (SSSR count). The molecule has 1 amide bonds. The van der Waals surface area contributed by atoms with Crippen molar-refractivity contribution in [1.29, 1.82) is 0 Å². The fraction of sp³-hybridized carbons (Fsp3) is 0.115. The van der Waals surface area contributed by atoms with Gasteiger partial charge in [0, 0.05) is 31.7 Å². The van der Waals surface area contributed by atoms with Crippen LogP contribution in [-0.2, 0) is 4.79 Å². The number of para-hydroxylation sites is 1. The van der Waals surface area contributed by atoms with E-state index in [9.17, 15) is 4.79 Å². The van der Waals surface area contributed by atoms with Gasteiger partial charge in [0.2, 0.25) is 5.91 Å². The quantitative estimate of drug-likeness (QED) is 0.145. The SMILES string of the molecule is CCC(Sc1cccc(NC(=S)Nc2ccccc2)c1)C(=O)Nc1nc(-c2ccc(Br)cc2)cs1. The summed E-state index contributed by atoms with van der Waals surface area (Å²) >= 11 is 11.8. The number of anilines is 3. The Hall–Kier alpha value is -2.72. The molecule has 0 saturated carbocycles. The number of aromatic nitrogens is 1. The van der Waals surface area contributed by atoms with E-state index in [0.717, 1.165) is 32.0 Å². The number of amides is 1. The van der Waals surface area contributed by atoms with Crippen molar-refractivity contribution in [1.82, 2.24) is 4.98 Å². The molecular weight excluding hydrogens is 560 g/mol. The van der Waals surface area contributed by atoms with Crippen LogP contribution in [0.5, 0.6) is 0 Å². The topological polar surface area (TPSA) is 66.0 Å². The van der Waals surface area contributed by atoms with Crippen molar-refractivity contribution >= 4 is 78.8 Å². The van der Waals surface area contributed by atoms with Crippen LogP contribution in [0.25, 0.3) is 11.3 Å². The summed E-state index contributed by atoms with van der Waals surface area (Å²) in [5.74, 6) is -0.0613. The number of hydrogen-bond donors (Lipinski definition) is 3. The number of benzene rings is 3. The maximum Gasteiger partial charge on any atom is 0.239 e. The lowest BCUT2D eigenvalue weighted by Gasteiger charge is -2.15. The predicted octanol–water partition coefficient (Wildman–Crippen LogP) is 7.89. The van der Waals surface area contributed by atoms with E-state index in [1.807, 2.05) is 91.2 Å². The summed E-state index contributed by atoms with van der Waals surface area (Å²) < 4.78 is 1.02. The van der Waals surface area contributed by atoms with E-state index in [4.69, 9.17) is 12.2 Å². The van der Waals surface area contributed by atoms with E-state index in [-0.39, 0.29) is 11.2 Å². The third-order valence-corrected chi connectivity index (χ3v) is 7.79. The Morgan fingerprint density at radius 3 is 2.46 bits per heavy atom. The normalized spacial score (nSPS) is 11.5. The molecule has 1 unspecified atom stereocenters. The predicted molar refractivity (Wildman–Crippen MR) is 157 cm³/mol. The Morgan fingerprint density at radius 2 is 1.71 bits per heavy atom. The second-order valence-electron chi connectivity index (χ2n) is 7.52. The zero-order valence-electron chi connectivity index (χ0n) is 18.8. The Labute approximate surface area is 226 Å². The number of hydrogen-bond acceptors (Lipinski definition) is 5. The number of nitrogens with zero attached hydrogens (tertiary/aromatic N) is 1. The van der Waals surface area contributed by atoms with Crippen molar-refractivity contribution in [3.63, 3.8) is 0 Å². The van der Waals surface area contributed by atoms with Crippen LogP contribution >= 0.6 is 51.2 Å². The van der Waals surface area contributed by atoms with E-state index < -0.39 is 0 Å². The molecule has 35 heavy (non-hydrogen) atoms. The first-order valence-electron chi connectivity index (χ1n) is 10.9. The van der Waals surface area contributed by atoms with E-state index in [2.05, 4.69) is 36.9 Å². The Balaban J connectivity index is 1.36. The van der Waals surface area contributed by atoms with Crippen molar-refractivity contribution in [3.8, 4) is 11.3 Å². The maximum atomic E-state index is 13.0. The molecule has 3 N–H and O–H groups in total. The molecule has 4 aromatic rings. The first-order valence-corrected chi connectivity index (χ1v) is 13.9. The average Bonchev–Trinajstić information content (AvgIpc) is 3.32. The zero-order valence-corrected chi connectivity index (χ0v) is 22.9. The molecule has 0 aliphatic heterocycles.